The zero-order valence-corrected chi connectivity index (χ0v) is 21.9. The van der Waals surface area contributed by atoms with Crippen molar-refractivity contribution in [3.63, 3.8) is 0 Å². The number of nitrogens with one attached hydrogen (secondary N) is 1. The molecule has 5 rings (SSSR count). The van der Waals surface area contributed by atoms with Gasteiger partial charge in [0, 0.05) is 55.8 Å². The monoisotopic (exact) mass is 512 g/mol. The van der Waals surface area contributed by atoms with Gasteiger partial charge in [-0.1, -0.05) is 42.5 Å². The Labute approximate surface area is 222 Å². The fourth-order valence-corrected chi connectivity index (χ4v) is 5.34. The number of amides is 1. The number of piperazine rings is 1. The molecule has 0 spiro atoms. The highest BCUT2D eigenvalue weighted by Crippen LogP contribution is 2.30. The van der Waals surface area contributed by atoms with E-state index < -0.39 is 0 Å². The molecule has 1 fully saturated rings. The van der Waals surface area contributed by atoms with E-state index in [1.54, 1.807) is 18.4 Å². The van der Waals surface area contributed by atoms with Crippen LogP contribution in [0, 0.1) is 0 Å². The highest BCUT2D eigenvalue weighted by Gasteiger charge is 2.18. The fraction of sp³-hybridized carbons (Fsp3) is 0.267. The van der Waals surface area contributed by atoms with Crippen LogP contribution in [0.4, 0.5) is 5.13 Å². The lowest BCUT2D eigenvalue weighted by molar-refractivity contribution is 0.0736. The number of carbonyl (C=O) groups is 1. The minimum atomic E-state index is 0.109. The average Bonchev–Trinajstić information content (AvgIpc) is 3.46. The second kappa shape index (κ2) is 12.0. The van der Waals surface area contributed by atoms with Crippen LogP contribution in [0.15, 0.2) is 84.2 Å². The van der Waals surface area contributed by atoms with E-state index in [2.05, 4.69) is 52.0 Å². The predicted octanol–water partition coefficient (Wildman–Crippen LogP) is 5.11. The zero-order chi connectivity index (χ0) is 25.5. The first-order chi connectivity index (χ1) is 18.2. The number of anilines is 1. The quantitative estimate of drug-likeness (QED) is 0.338. The van der Waals surface area contributed by atoms with Gasteiger partial charge in [-0.2, -0.15) is 0 Å². The number of hydrogen-bond donors (Lipinski definition) is 1. The number of aromatic nitrogens is 1. The van der Waals surface area contributed by atoms with E-state index >= 15 is 0 Å². The van der Waals surface area contributed by atoms with Gasteiger partial charge in [-0.15, -0.1) is 11.3 Å². The Balaban J connectivity index is 1.33. The van der Waals surface area contributed by atoms with Crippen LogP contribution in [0.2, 0.25) is 0 Å². The van der Waals surface area contributed by atoms with Crippen LogP contribution in [-0.4, -0.2) is 55.6 Å². The van der Waals surface area contributed by atoms with Crippen molar-refractivity contribution in [2.75, 3.05) is 44.7 Å². The topological polar surface area (TPSA) is 57.7 Å². The Bertz CT molecular complexity index is 1280. The van der Waals surface area contributed by atoms with Crippen LogP contribution in [0.5, 0.6) is 5.75 Å². The lowest BCUT2D eigenvalue weighted by atomic mass is 10.1. The van der Waals surface area contributed by atoms with E-state index in [0.717, 1.165) is 79.0 Å². The third kappa shape index (κ3) is 6.37. The van der Waals surface area contributed by atoms with Gasteiger partial charge in [0.1, 0.15) is 5.75 Å². The molecule has 1 aromatic heterocycles. The zero-order valence-electron chi connectivity index (χ0n) is 21.1. The van der Waals surface area contributed by atoms with Crippen molar-refractivity contribution in [3.8, 4) is 17.0 Å². The second-order valence-corrected chi connectivity index (χ2v) is 9.98. The number of rotatable bonds is 9. The standard InChI is InChI=1S/C30H32N4O2S/c1-36-27-13-11-25(12-14-27)28-22-37-30(32-28)34(18-15-23-5-3-2-4-6-23)21-24-7-9-26(10-8-24)29(35)33-19-16-31-17-20-33/h2-14,22,31H,15-21H2,1H3. The normalized spacial score (nSPS) is 13.4. The van der Waals surface area contributed by atoms with Gasteiger partial charge in [-0.05, 0) is 53.9 Å². The maximum atomic E-state index is 12.9. The number of hydrogen-bond acceptors (Lipinski definition) is 6. The molecular weight excluding hydrogens is 480 g/mol. The number of nitrogens with zero attached hydrogens (tertiary/aromatic N) is 3. The molecule has 1 aliphatic heterocycles. The Morgan fingerprint density at radius 3 is 2.41 bits per heavy atom. The van der Waals surface area contributed by atoms with Gasteiger partial charge in [0.15, 0.2) is 5.13 Å². The summed E-state index contributed by atoms with van der Waals surface area (Å²) in [5, 5.41) is 6.40. The van der Waals surface area contributed by atoms with Crippen molar-refractivity contribution in [3.05, 3.63) is 101 Å². The fourth-order valence-electron chi connectivity index (χ4n) is 4.48. The lowest BCUT2D eigenvalue weighted by Crippen LogP contribution is -2.46. The molecule has 1 aliphatic rings. The second-order valence-electron chi connectivity index (χ2n) is 9.14. The van der Waals surface area contributed by atoms with Crippen molar-refractivity contribution in [2.24, 2.45) is 0 Å². The average molecular weight is 513 g/mol. The molecule has 0 bridgehead atoms. The summed E-state index contributed by atoms with van der Waals surface area (Å²) < 4.78 is 5.29. The summed E-state index contributed by atoms with van der Waals surface area (Å²) in [7, 11) is 1.67. The minimum absolute atomic E-state index is 0.109. The molecule has 0 radical (unpaired) electrons. The number of methoxy groups -OCH3 is 1. The van der Waals surface area contributed by atoms with E-state index in [-0.39, 0.29) is 5.91 Å². The number of thiazole rings is 1. The third-order valence-corrected chi connectivity index (χ3v) is 7.54. The molecule has 7 heteroatoms. The van der Waals surface area contributed by atoms with Gasteiger partial charge in [-0.25, -0.2) is 4.98 Å². The first-order valence-electron chi connectivity index (χ1n) is 12.7. The van der Waals surface area contributed by atoms with Crippen molar-refractivity contribution in [1.29, 1.82) is 0 Å². The SMILES string of the molecule is COc1ccc(-c2csc(N(CCc3ccccc3)Cc3ccc(C(=O)N4CCNCC4)cc3)n2)cc1. The maximum absolute atomic E-state index is 12.9. The van der Waals surface area contributed by atoms with E-state index in [0.29, 0.717) is 0 Å². The molecule has 1 amide bonds. The van der Waals surface area contributed by atoms with E-state index in [9.17, 15) is 4.79 Å². The summed E-state index contributed by atoms with van der Waals surface area (Å²) in [6.45, 7) is 4.80. The first-order valence-corrected chi connectivity index (χ1v) is 13.6. The van der Waals surface area contributed by atoms with E-state index in [1.807, 2.05) is 47.4 Å². The van der Waals surface area contributed by atoms with Crippen LogP contribution in [0.25, 0.3) is 11.3 Å². The van der Waals surface area contributed by atoms with Crippen LogP contribution < -0.4 is 15.0 Å². The van der Waals surface area contributed by atoms with Crippen LogP contribution in [-0.2, 0) is 13.0 Å². The number of carbonyl (C=O) groups excluding carboxylic acids is 1. The lowest BCUT2D eigenvalue weighted by Gasteiger charge is -2.27. The molecule has 0 saturated carbocycles. The molecular formula is C30H32N4O2S. The molecule has 0 unspecified atom stereocenters. The molecule has 1 saturated heterocycles. The number of ether oxygens (including phenoxy) is 1. The van der Waals surface area contributed by atoms with Crippen molar-refractivity contribution < 1.29 is 9.53 Å². The van der Waals surface area contributed by atoms with Crippen molar-refractivity contribution in [2.45, 2.75) is 13.0 Å². The van der Waals surface area contributed by atoms with Gasteiger partial charge in [0.2, 0.25) is 0 Å². The molecule has 0 aliphatic carbocycles. The van der Waals surface area contributed by atoms with Crippen LogP contribution in [0.3, 0.4) is 0 Å². The minimum Gasteiger partial charge on any atom is -0.497 e. The molecule has 2 heterocycles. The smallest absolute Gasteiger partial charge is 0.253 e. The molecule has 6 nitrogen and oxygen atoms in total. The predicted molar refractivity (Wildman–Crippen MR) is 151 cm³/mol. The van der Waals surface area contributed by atoms with Crippen LogP contribution in [0.1, 0.15) is 21.5 Å². The summed E-state index contributed by atoms with van der Waals surface area (Å²) in [6, 6.07) is 26.6. The molecule has 0 atom stereocenters. The maximum Gasteiger partial charge on any atom is 0.253 e. The third-order valence-electron chi connectivity index (χ3n) is 6.64. The Morgan fingerprint density at radius 2 is 1.70 bits per heavy atom. The molecule has 37 heavy (non-hydrogen) atoms. The Morgan fingerprint density at radius 1 is 0.973 bits per heavy atom. The summed E-state index contributed by atoms with van der Waals surface area (Å²) in [4.78, 5) is 22.1. The van der Waals surface area contributed by atoms with Gasteiger partial charge < -0.3 is 19.9 Å². The van der Waals surface area contributed by atoms with Crippen LogP contribution >= 0.6 is 11.3 Å². The molecule has 190 valence electrons. The van der Waals surface area contributed by atoms with Gasteiger partial charge >= 0.3 is 0 Å². The van der Waals surface area contributed by atoms with E-state index in [4.69, 9.17) is 9.72 Å². The Hall–Kier alpha value is -3.68. The van der Waals surface area contributed by atoms with Gasteiger partial charge in [0.05, 0.1) is 12.8 Å². The highest BCUT2D eigenvalue weighted by molar-refractivity contribution is 7.14. The molecule has 1 N–H and O–H groups in total. The first kappa shape index (κ1) is 25.0. The highest BCUT2D eigenvalue weighted by atomic mass is 32.1. The summed E-state index contributed by atoms with van der Waals surface area (Å²) >= 11 is 1.66. The summed E-state index contributed by atoms with van der Waals surface area (Å²) in [6.07, 6.45) is 0.928. The van der Waals surface area contributed by atoms with Crippen molar-refractivity contribution >= 4 is 22.4 Å². The van der Waals surface area contributed by atoms with Gasteiger partial charge in [0.25, 0.3) is 5.91 Å². The van der Waals surface area contributed by atoms with Crippen molar-refractivity contribution in [1.82, 2.24) is 15.2 Å². The molecule has 4 aromatic rings. The summed E-state index contributed by atoms with van der Waals surface area (Å²) in [5.41, 5.74) is 5.24. The molecule has 3 aromatic carbocycles. The number of benzene rings is 3. The van der Waals surface area contributed by atoms with E-state index in [1.165, 1.54) is 5.56 Å². The largest absolute Gasteiger partial charge is 0.497 e. The Kier molecular flexibility index (Phi) is 8.13. The summed E-state index contributed by atoms with van der Waals surface area (Å²) in [5.74, 6) is 0.945. The van der Waals surface area contributed by atoms with Gasteiger partial charge in [-0.3, -0.25) is 4.79 Å².